The number of anilines is 1. The van der Waals surface area contributed by atoms with Crippen LogP contribution in [-0.2, 0) is 0 Å². The summed E-state index contributed by atoms with van der Waals surface area (Å²) in [6.45, 7) is 6.72. The third kappa shape index (κ3) is 2.70. The molecule has 0 saturated heterocycles. The van der Waals surface area contributed by atoms with Crippen LogP contribution in [0.5, 0.6) is 0 Å². The molecule has 0 aliphatic heterocycles. The lowest BCUT2D eigenvalue weighted by Gasteiger charge is -2.29. The molecule has 2 aromatic rings. The predicted octanol–water partition coefficient (Wildman–Crippen LogP) is 1.37. The van der Waals surface area contributed by atoms with Crippen molar-refractivity contribution in [3.63, 3.8) is 0 Å². The summed E-state index contributed by atoms with van der Waals surface area (Å²) >= 11 is 5.97. The molecule has 98 valence electrons. The molecule has 0 atom stereocenters. The van der Waals surface area contributed by atoms with Crippen molar-refractivity contribution in [1.29, 1.82) is 0 Å². The van der Waals surface area contributed by atoms with Gasteiger partial charge in [0.15, 0.2) is 0 Å². The van der Waals surface area contributed by atoms with Crippen molar-refractivity contribution in [3.8, 4) is 0 Å². The summed E-state index contributed by atoms with van der Waals surface area (Å²) in [6, 6.07) is 1.72. The number of likely N-dealkylation sites (N-methyl/N-ethyl adjacent to an activating group) is 1. The highest BCUT2D eigenvalue weighted by molar-refractivity contribution is 6.29. The lowest BCUT2D eigenvalue weighted by Crippen LogP contribution is -2.39. The predicted molar refractivity (Wildman–Crippen MR) is 70.0 cm³/mol. The topological polar surface area (TPSA) is 66.5 Å². The Balaban J connectivity index is 2.47. The van der Waals surface area contributed by atoms with E-state index < -0.39 is 5.60 Å². The van der Waals surface area contributed by atoms with Gasteiger partial charge in [-0.1, -0.05) is 11.6 Å². The molecule has 0 aliphatic carbocycles. The Morgan fingerprint density at radius 1 is 1.50 bits per heavy atom. The number of aromatic nitrogens is 4. The third-order valence-corrected chi connectivity index (χ3v) is 2.68. The van der Waals surface area contributed by atoms with Gasteiger partial charge >= 0.3 is 0 Å². The van der Waals surface area contributed by atoms with Gasteiger partial charge in [0.2, 0.25) is 0 Å². The number of nitrogens with zero attached hydrogens (tertiary/aromatic N) is 5. The van der Waals surface area contributed by atoms with E-state index in [1.54, 1.807) is 24.4 Å². The highest BCUT2D eigenvalue weighted by Crippen LogP contribution is 2.20. The van der Waals surface area contributed by atoms with Crippen LogP contribution in [-0.4, -0.2) is 43.4 Å². The van der Waals surface area contributed by atoms with Crippen molar-refractivity contribution in [2.45, 2.75) is 26.4 Å². The average Bonchev–Trinajstić information content (AvgIpc) is 2.71. The molecule has 7 heteroatoms. The first-order valence-electron chi connectivity index (χ1n) is 5.74. The summed E-state index contributed by atoms with van der Waals surface area (Å²) in [5, 5.41) is 14.4. The second-order valence-electron chi connectivity index (χ2n) is 4.74. The number of hydrogen-bond donors (Lipinski definition) is 1. The zero-order valence-electron chi connectivity index (χ0n) is 10.6. The second kappa shape index (κ2) is 4.70. The molecule has 0 spiro atoms. The SMILES string of the molecule is CCN(CC(C)(C)O)c1cc(Cl)nc2ncnn12. The van der Waals surface area contributed by atoms with Crippen molar-refractivity contribution in [2.75, 3.05) is 18.0 Å². The Kier molecular flexibility index (Phi) is 3.41. The van der Waals surface area contributed by atoms with Gasteiger partial charge in [-0.3, -0.25) is 0 Å². The molecule has 0 amide bonds. The number of hydrogen-bond acceptors (Lipinski definition) is 5. The minimum atomic E-state index is -0.807. The van der Waals surface area contributed by atoms with Crippen LogP contribution in [0.3, 0.4) is 0 Å². The number of halogens is 1. The van der Waals surface area contributed by atoms with E-state index in [1.807, 2.05) is 11.8 Å². The maximum atomic E-state index is 9.94. The minimum Gasteiger partial charge on any atom is -0.389 e. The molecule has 2 aromatic heterocycles. The lowest BCUT2D eigenvalue weighted by atomic mass is 10.1. The van der Waals surface area contributed by atoms with Crippen LogP contribution < -0.4 is 4.90 Å². The van der Waals surface area contributed by atoms with Gasteiger partial charge in [0.05, 0.1) is 5.60 Å². The van der Waals surface area contributed by atoms with E-state index in [-0.39, 0.29) is 0 Å². The van der Waals surface area contributed by atoms with Gasteiger partial charge in [-0.05, 0) is 20.8 Å². The Morgan fingerprint density at radius 3 is 2.83 bits per heavy atom. The second-order valence-corrected chi connectivity index (χ2v) is 5.12. The Labute approximate surface area is 110 Å². The third-order valence-electron chi connectivity index (χ3n) is 2.49. The zero-order chi connectivity index (χ0) is 13.3. The van der Waals surface area contributed by atoms with E-state index in [4.69, 9.17) is 11.6 Å². The largest absolute Gasteiger partial charge is 0.389 e. The van der Waals surface area contributed by atoms with Gasteiger partial charge < -0.3 is 10.0 Å². The fourth-order valence-corrected chi connectivity index (χ4v) is 1.99. The van der Waals surface area contributed by atoms with E-state index in [1.165, 1.54) is 6.33 Å². The summed E-state index contributed by atoms with van der Waals surface area (Å²) in [5.74, 6) is 1.22. The molecular weight excluding hydrogens is 254 g/mol. The summed E-state index contributed by atoms with van der Waals surface area (Å²) in [7, 11) is 0. The Morgan fingerprint density at radius 2 is 2.22 bits per heavy atom. The first-order valence-corrected chi connectivity index (χ1v) is 6.12. The summed E-state index contributed by atoms with van der Waals surface area (Å²) in [4.78, 5) is 10.1. The van der Waals surface area contributed by atoms with Crippen LogP contribution in [0.25, 0.3) is 5.78 Å². The number of aliphatic hydroxyl groups is 1. The van der Waals surface area contributed by atoms with Crippen molar-refractivity contribution < 1.29 is 5.11 Å². The molecule has 0 bridgehead atoms. The lowest BCUT2D eigenvalue weighted by molar-refractivity contribution is 0.0873. The van der Waals surface area contributed by atoms with E-state index in [0.29, 0.717) is 17.5 Å². The molecule has 2 rings (SSSR count). The number of rotatable bonds is 4. The van der Waals surface area contributed by atoms with E-state index in [2.05, 4.69) is 15.1 Å². The Bertz CT molecular complexity index is 548. The average molecular weight is 270 g/mol. The van der Waals surface area contributed by atoms with E-state index >= 15 is 0 Å². The first kappa shape index (κ1) is 13.0. The van der Waals surface area contributed by atoms with Crippen LogP contribution in [0.4, 0.5) is 5.82 Å². The normalized spacial score (nSPS) is 12.1. The van der Waals surface area contributed by atoms with Crippen LogP contribution in [0.2, 0.25) is 5.15 Å². The molecule has 0 aliphatic rings. The molecular formula is C11H16ClN5O. The minimum absolute atomic E-state index is 0.361. The van der Waals surface area contributed by atoms with Crippen molar-refractivity contribution >= 4 is 23.2 Å². The van der Waals surface area contributed by atoms with Gasteiger partial charge in [-0.25, -0.2) is 0 Å². The smallest absolute Gasteiger partial charge is 0.255 e. The van der Waals surface area contributed by atoms with E-state index in [0.717, 1.165) is 12.4 Å². The molecule has 0 saturated carbocycles. The molecule has 0 unspecified atom stereocenters. The van der Waals surface area contributed by atoms with Crippen molar-refractivity contribution in [1.82, 2.24) is 19.6 Å². The van der Waals surface area contributed by atoms with Crippen LogP contribution >= 0.6 is 11.6 Å². The van der Waals surface area contributed by atoms with Crippen LogP contribution in [0, 0.1) is 0 Å². The van der Waals surface area contributed by atoms with Crippen LogP contribution in [0.1, 0.15) is 20.8 Å². The summed E-state index contributed by atoms with van der Waals surface area (Å²) in [5.41, 5.74) is -0.807. The zero-order valence-corrected chi connectivity index (χ0v) is 11.4. The van der Waals surface area contributed by atoms with Gasteiger partial charge in [-0.2, -0.15) is 19.6 Å². The molecule has 18 heavy (non-hydrogen) atoms. The van der Waals surface area contributed by atoms with E-state index in [9.17, 15) is 5.11 Å². The molecule has 6 nitrogen and oxygen atoms in total. The fraction of sp³-hybridized carbons (Fsp3) is 0.545. The van der Waals surface area contributed by atoms with Crippen molar-refractivity contribution in [3.05, 3.63) is 17.5 Å². The fourth-order valence-electron chi connectivity index (χ4n) is 1.82. The standard InChI is InChI=1S/C11H16ClN5O/c1-4-16(6-11(2,3)18)9-5-8(12)15-10-13-7-14-17(9)10/h5,7,18H,4,6H2,1-3H3. The van der Waals surface area contributed by atoms with Crippen molar-refractivity contribution in [2.24, 2.45) is 0 Å². The van der Waals surface area contributed by atoms with Crippen LogP contribution in [0.15, 0.2) is 12.4 Å². The molecule has 2 heterocycles. The highest BCUT2D eigenvalue weighted by atomic mass is 35.5. The van der Waals surface area contributed by atoms with Gasteiger partial charge in [-0.15, -0.1) is 0 Å². The van der Waals surface area contributed by atoms with Gasteiger partial charge in [0.1, 0.15) is 17.3 Å². The Hall–Kier alpha value is -1.40. The molecule has 0 aromatic carbocycles. The molecule has 0 fully saturated rings. The summed E-state index contributed by atoms with van der Waals surface area (Å²) in [6.07, 6.45) is 1.43. The maximum absolute atomic E-state index is 9.94. The molecule has 0 radical (unpaired) electrons. The van der Waals surface area contributed by atoms with Gasteiger partial charge in [0.25, 0.3) is 5.78 Å². The first-order chi connectivity index (χ1) is 8.40. The number of fused-ring (bicyclic) bond motifs is 1. The summed E-state index contributed by atoms with van der Waals surface area (Å²) < 4.78 is 1.61. The van der Waals surface area contributed by atoms with Gasteiger partial charge in [0, 0.05) is 19.2 Å². The highest BCUT2D eigenvalue weighted by Gasteiger charge is 2.20. The molecule has 1 N–H and O–H groups in total. The quantitative estimate of drug-likeness (QED) is 0.850. The maximum Gasteiger partial charge on any atom is 0.255 e. The monoisotopic (exact) mass is 269 g/mol.